The minimum absolute atomic E-state index is 0.0218. The van der Waals surface area contributed by atoms with Gasteiger partial charge in [0, 0.05) is 26.7 Å². The lowest BCUT2D eigenvalue weighted by Crippen LogP contribution is -2.54. The summed E-state index contributed by atoms with van der Waals surface area (Å²) in [6, 6.07) is 1.88. The third-order valence-corrected chi connectivity index (χ3v) is 6.24. The average molecular weight is 475 g/mol. The molecule has 6 N–H and O–H groups in total. The van der Waals surface area contributed by atoms with Gasteiger partial charge < -0.3 is 27.0 Å². The maximum Gasteiger partial charge on any atom is 0.302 e. The van der Waals surface area contributed by atoms with Gasteiger partial charge in [-0.15, -0.1) is 0 Å². The number of nitrogens with two attached hydrogens (primary N) is 2. The molecular formula is C20H27ClN10O2. The summed E-state index contributed by atoms with van der Waals surface area (Å²) in [5.41, 5.74) is 12.3. The molecule has 2 aromatic heterocycles. The molecule has 1 spiro atoms. The highest BCUT2D eigenvalue weighted by Crippen LogP contribution is 2.26. The summed E-state index contributed by atoms with van der Waals surface area (Å²) in [4.78, 5) is 39.1. The predicted molar refractivity (Wildman–Crippen MR) is 124 cm³/mol. The van der Waals surface area contributed by atoms with Crippen LogP contribution >= 0.6 is 11.6 Å². The van der Waals surface area contributed by atoms with Gasteiger partial charge in [0.1, 0.15) is 5.69 Å². The number of amides is 2. The highest BCUT2D eigenvalue weighted by atomic mass is 35.5. The number of aromatic nitrogens is 4. The molecule has 2 aliphatic heterocycles. The largest absolute Gasteiger partial charge is 0.382 e. The third kappa shape index (κ3) is 4.56. The van der Waals surface area contributed by atoms with Crippen LogP contribution in [0.5, 0.6) is 0 Å². The minimum Gasteiger partial charge on any atom is -0.382 e. The summed E-state index contributed by atoms with van der Waals surface area (Å²) in [5.74, 6) is -0.566. The molecule has 2 amide bonds. The Kier molecular flexibility index (Phi) is 6.11. The second-order valence-electron chi connectivity index (χ2n) is 8.34. The summed E-state index contributed by atoms with van der Waals surface area (Å²) >= 11 is 5.85. The van der Waals surface area contributed by atoms with Gasteiger partial charge >= 0.3 is 5.91 Å². The maximum absolute atomic E-state index is 13.0. The van der Waals surface area contributed by atoms with Crippen LogP contribution in [-0.4, -0.2) is 67.6 Å². The van der Waals surface area contributed by atoms with Crippen LogP contribution in [0.2, 0.25) is 5.15 Å². The third-order valence-electron chi connectivity index (χ3n) is 5.96. The fourth-order valence-electron chi connectivity index (χ4n) is 4.12. The first-order valence-electron chi connectivity index (χ1n) is 10.8. The summed E-state index contributed by atoms with van der Waals surface area (Å²) in [5, 5.41) is 10.7. The molecule has 2 fully saturated rings. The van der Waals surface area contributed by atoms with Gasteiger partial charge in [0.15, 0.2) is 28.4 Å². The molecule has 4 heterocycles. The number of piperidine rings is 1. The first-order valence-corrected chi connectivity index (χ1v) is 11.1. The molecule has 33 heavy (non-hydrogen) atoms. The van der Waals surface area contributed by atoms with Crippen LogP contribution in [0.4, 0.5) is 11.6 Å². The Morgan fingerprint density at radius 2 is 1.97 bits per heavy atom. The standard InChI is InChI=1S/C20H27ClN10O2/c1-3-4-11-9-12(30(2)29-11)18(33)31-7-5-20(6-8-31)10-24-19(28-20)27-17(32)13-15(22)26-16(23)14(21)25-13/h9H,3-8,10H2,1-2H3,(H4,22,23,26)(H2,24,27,28,32). The SMILES string of the molecule is CCCc1cc(C(=O)N2CCC3(CC2)CN/C(=N\C(=O)c2nc(Cl)c(N)nc2N)N3)n(C)n1. The molecule has 0 unspecified atom stereocenters. The van der Waals surface area contributed by atoms with Crippen molar-refractivity contribution in [2.45, 2.75) is 38.1 Å². The molecule has 0 aromatic carbocycles. The average Bonchev–Trinajstić information content (AvgIpc) is 3.34. The van der Waals surface area contributed by atoms with E-state index in [0.29, 0.717) is 44.1 Å². The van der Waals surface area contributed by atoms with E-state index in [1.807, 2.05) is 11.0 Å². The Hall–Kier alpha value is -3.41. The van der Waals surface area contributed by atoms with E-state index in [9.17, 15) is 9.59 Å². The number of carbonyl (C=O) groups excluding carboxylic acids is 2. The number of hydrogen-bond donors (Lipinski definition) is 4. The van der Waals surface area contributed by atoms with Crippen LogP contribution in [-0.2, 0) is 13.5 Å². The van der Waals surface area contributed by atoms with Crippen LogP contribution in [0.3, 0.4) is 0 Å². The van der Waals surface area contributed by atoms with Gasteiger partial charge in [-0.25, -0.2) is 9.97 Å². The van der Waals surface area contributed by atoms with E-state index in [1.165, 1.54) is 0 Å². The summed E-state index contributed by atoms with van der Waals surface area (Å²) in [7, 11) is 1.80. The van der Waals surface area contributed by atoms with Crippen molar-refractivity contribution in [3.8, 4) is 0 Å². The molecule has 13 heteroatoms. The normalized spacial score (nSPS) is 18.4. The van der Waals surface area contributed by atoms with Crippen molar-refractivity contribution in [2.75, 3.05) is 31.1 Å². The van der Waals surface area contributed by atoms with Gasteiger partial charge in [0.05, 0.1) is 11.2 Å². The minimum atomic E-state index is -0.680. The smallest absolute Gasteiger partial charge is 0.302 e. The first kappa shape index (κ1) is 22.8. The lowest BCUT2D eigenvalue weighted by Gasteiger charge is -2.38. The summed E-state index contributed by atoms with van der Waals surface area (Å²) < 4.78 is 1.65. The van der Waals surface area contributed by atoms with E-state index in [0.717, 1.165) is 18.5 Å². The zero-order valence-electron chi connectivity index (χ0n) is 18.6. The molecule has 176 valence electrons. The molecule has 0 bridgehead atoms. The lowest BCUT2D eigenvalue weighted by molar-refractivity contribution is 0.0658. The quantitative estimate of drug-likeness (QED) is 0.488. The Balaban J connectivity index is 1.39. The molecule has 0 atom stereocenters. The van der Waals surface area contributed by atoms with Crippen molar-refractivity contribution >= 4 is 41.0 Å². The topological polar surface area (TPSA) is 169 Å². The monoisotopic (exact) mass is 474 g/mol. The number of aryl methyl sites for hydroxylation is 2. The molecular weight excluding hydrogens is 448 g/mol. The highest BCUT2D eigenvalue weighted by Gasteiger charge is 2.41. The van der Waals surface area contributed by atoms with Gasteiger partial charge in [-0.3, -0.25) is 14.3 Å². The molecule has 0 radical (unpaired) electrons. The lowest BCUT2D eigenvalue weighted by atomic mass is 9.88. The summed E-state index contributed by atoms with van der Waals surface area (Å²) in [6.07, 6.45) is 3.23. The van der Waals surface area contributed by atoms with Gasteiger partial charge in [-0.1, -0.05) is 24.9 Å². The highest BCUT2D eigenvalue weighted by molar-refractivity contribution is 6.31. The van der Waals surface area contributed by atoms with E-state index >= 15 is 0 Å². The first-order chi connectivity index (χ1) is 15.7. The zero-order chi connectivity index (χ0) is 23.8. The number of aliphatic imine (C=N–C) groups is 1. The van der Waals surface area contributed by atoms with E-state index in [-0.39, 0.29) is 33.9 Å². The maximum atomic E-state index is 13.0. The van der Waals surface area contributed by atoms with E-state index in [1.54, 1.807) is 11.7 Å². The molecule has 2 aromatic rings. The van der Waals surface area contributed by atoms with Crippen molar-refractivity contribution in [1.82, 2.24) is 35.3 Å². The number of nitrogens with zero attached hydrogens (tertiary/aromatic N) is 6. The molecule has 2 saturated heterocycles. The van der Waals surface area contributed by atoms with Gasteiger partial charge in [0.2, 0.25) is 0 Å². The number of likely N-dealkylation sites (tertiary alicyclic amines) is 1. The fourth-order valence-corrected chi connectivity index (χ4v) is 4.25. The fraction of sp³-hybridized carbons (Fsp3) is 0.500. The van der Waals surface area contributed by atoms with E-state index in [2.05, 4.69) is 37.6 Å². The summed E-state index contributed by atoms with van der Waals surface area (Å²) in [6.45, 7) is 3.82. The van der Waals surface area contributed by atoms with Crippen LogP contribution < -0.4 is 22.1 Å². The number of nitrogen functional groups attached to an aromatic ring is 2. The Morgan fingerprint density at radius 3 is 2.67 bits per heavy atom. The van der Waals surface area contributed by atoms with Gasteiger partial charge in [-0.05, 0) is 25.3 Å². The van der Waals surface area contributed by atoms with Crippen LogP contribution in [0.15, 0.2) is 11.1 Å². The van der Waals surface area contributed by atoms with E-state index < -0.39 is 5.91 Å². The number of guanidine groups is 1. The number of nitrogens with one attached hydrogen (secondary N) is 2. The van der Waals surface area contributed by atoms with Crippen LogP contribution in [0, 0.1) is 0 Å². The van der Waals surface area contributed by atoms with Crippen LogP contribution in [0.25, 0.3) is 0 Å². The Labute approximate surface area is 195 Å². The Bertz CT molecular complexity index is 1120. The molecule has 4 rings (SSSR count). The van der Waals surface area contributed by atoms with Gasteiger partial charge in [-0.2, -0.15) is 10.1 Å². The zero-order valence-corrected chi connectivity index (χ0v) is 19.3. The second-order valence-corrected chi connectivity index (χ2v) is 8.70. The predicted octanol–water partition coefficient (Wildman–Crippen LogP) is 0.344. The van der Waals surface area contributed by atoms with Crippen LogP contribution in [0.1, 0.15) is 52.9 Å². The van der Waals surface area contributed by atoms with Crippen molar-refractivity contribution in [1.29, 1.82) is 0 Å². The molecule has 0 aliphatic carbocycles. The second kappa shape index (κ2) is 8.85. The number of hydrogen-bond acceptors (Lipinski definition) is 7. The number of anilines is 2. The van der Waals surface area contributed by atoms with Crippen molar-refractivity contribution in [2.24, 2.45) is 12.0 Å². The number of rotatable bonds is 4. The molecule has 2 aliphatic rings. The van der Waals surface area contributed by atoms with E-state index in [4.69, 9.17) is 23.1 Å². The van der Waals surface area contributed by atoms with Crippen molar-refractivity contribution in [3.63, 3.8) is 0 Å². The van der Waals surface area contributed by atoms with Crippen molar-refractivity contribution < 1.29 is 9.59 Å². The Morgan fingerprint density at radius 1 is 1.24 bits per heavy atom. The molecule has 0 saturated carbocycles. The van der Waals surface area contributed by atoms with Crippen molar-refractivity contribution in [3.05, 3.63) is 28.3 Å². The molecule has 12 nitrogen and oxygen atoms in total. The number of carbonyl (C=O) groups is 2. The van der Waals surface area contributed by atoms with Gasteiger partial charge in [0.25, 0.3) is 5.91 Å². The number of halogens is 1.